The van der Waals surface area contributed by atoms with E-state index in [0.717, 1.165) is 12.0 Å². The van der Waals surface area contributed by atoms with Crippen LogP contribution in [0.2, 0.25) is 10.0 Å². The predicted octanol–water partition coefficient (Wildman–Crippen LogP) is 2.59. The van der Waals surface area contributed by atoms with Crippen LogP contribution in [0.3, 0.4) is 0 Å². The molecule has 72 valence electrons. The minimum atomic E-state index is 0.144. The minimum Gasteiger partial charge on any atom is -0.508 e. The minimum absolute atomic E-state index is 0.144. The molecule has 0 aliphatic heterocycles. The molecule has 0 fully saturated rings. The van der Waals surface area contributed by atoms with Gasteiger partial charge in [0.15, 0.2) is 0 Å². The number of phenols is 1. The molecule has 0 amide bonds. The second-order valence-electron chi connectivity index (χ2n) is 2.78. The third-order valence-corrected chi connectivity index (χ3v) is 2.32. The van der Waals surface area contributed by atoms with Crippen LogP contribution in [0.4, 0.5) is 0 Å². The van der Waals surface area contributed by atoms with Crippen LogP contribution in [-0.2, 0) is 6.42 Å². The molecule has 0 aliphatic carbocycles. The van der Waals surface area contributed by atoms with Gasteiger partial charge in [0, 0.05) is 15.6 Å². The highest BCUT2D eigenvalue weighted by molar-refractivity contribution is 6.35. The summed E-state index contributed by atoms with van der Waals surface area (Å²) in [6.45, 7) is 0.582. The van der Waals surface area contributed by atoms with Crippen molar-refractivity contribution >= 4 is 23.2 Å². The zero-order valence-corrected chi connectivity index (χ0v) is 8.57. The van der Waals surface area contributed by atoms with Gasteiger partial charge in [-0.2, -0.15) is 0 Å². The average Bonchev–Trinajstić information content (AvgIpc) is 2.02. The molecule has 1 aromatic rings. The standard InChI is InChI=1S/C9H11Cl2NO/c10-6-4-8(11)7(2-1-3-12)9(13)5-6/h4-5,13H,1-3,12H2. The Hall–Kier alpha value is -0.440. The fourth-order valence-electron chi connectivity index (χ4n) is 1.12. The molecular formula is C9H11Cl2NO. The highest BCUT2D eigenvalue weighted by Crippen LogP contribution is 2.30. The molecule has 4 heteroatoms. The number of halogens is 2. The SMILES string of the molecule is NCCCc1c(O)cc(Cl)cc1Cl. The van der Waals surface area contributed by atoms with E-state index in [0.29, 0.717) is 23.0 Å². The lowest BCUT2D eigenvalue weighted by molar-refractivity contribution is 0.467. The van der Waals surface area contributed by atoms with E-state index in [9.17, 15) is 5.11 Å². The number of aromatic hydroxyl groups is 1. The Morgan fingerprint density at radius 3 is 2.54 bits per heavy atom. The Labute approximate surface area is 87.3 Å². The van der Waals surface area contributed by atoms with Gasteiger partial charge in [-0.05, 0) is 31.5 Å². The van der Waals surface area contributed by atoms with E-state index in [2.05, 4.69) is 0 Å². The third kappa shape index (κ3) is 2.76. The number of hydrogen-bond acceptors (Lipinski definition) is 2. The third-order valence-electron chi connectivity index (χ3n) is 1.77. The van der Waals surface area contributed by atoms with E-state index in [1.807, 2.05) is 0 Å². The van der Waals surface area contributed by atoms with Crippen LogP contribution in [0, 0.1) is 0 Å². The van der Waals surface area contributed by atoms with Gasteiger partial charge >= 0.3 is 0 Å². The Kier molecular flexibility index (Phi) is 3.85. The number of hydrogen-bond donors (Lipinski definition) is 2. The first-order valence-corrected chi connectivity index (χ1v) is 4.77. The van der Waals surface area contributed by atoms with Crippen LogP contribution in [0.1, 0.15) is 12.0 Å². The molecule has 1 rings (SSSR count). The maximum absolute atomic E-state index is 9.49. The monoisotopic (exact) mass is 219 g/mol. The number of benzene rings is 1. The maximum Gasteiger partial charge on any atom is 0.121 e. The molecule has 0 aromatic heterocycles. The second kappa shape index (κ2) is 4.70. The number of nitrogens with two attached hydrogens (primary N) is 1. The van der Waals surface area contributed by atoms with Gasteiger partial charge in [-0.1, -0.05) is 23.2 Å². The van der Waals surface area contributed by atoms with Crippen LogP contribution in [0.15, 0.2) is 12.1 Å². The summed E-state index contributed by atoms with van der Waals surface area (Å²) >= 11 is 11.6. The average molecular weight is 220 g/mol. The van der Waals surface area contributed by atoms with Gasteiger partial charge in [-0.3, -0.25) is 0 Å². The van der Waals surface area contributed by atoms with Gasteiger partial charge < -0.3 is 10.8 Å². The molecule has 0 unspecified atom stereocenters. The Morgan fingerprint density at radius 2 is 2.00 bits per heavy atom. The van der Waals surface area contributed by atoms with E-state index in [1.165, 1.54) is 6.07 Å². The van der Waals surface area contributed by atoms with Crippen LogP contribution in [-0.4, -0.2) is 11.7 Å². The van der Waals surface area contributed by atoms with Crippen molar-refractivity contribution in [3.8, 4) is 5.75 Å². The zero-order valence-electron chi connectivity index (χ0n) is 7.06. The van der Waals surface area contributed by atoms with Crippen LogP contribution in [0.5, 0.6) is 5.75 Å². The van der Waals surface area contributed by atoms with Gasteiger partial charge in [0.2, 0.25) is 0 Å². The first-order valence-electron chi connectivity index (χ1n) is 4.02. The fourth-order valence-corrected chi connectivity index (χ4v) is 1.69. The smallest absolute Gasteiger partial charge is 0.121 e. The van der Waals surface area contributed by atoms with Crippen molar-refractivity contribution in [2.45, 2.75) is 12.8 Å². The van der Waals surface area contributed by atoms with Crippen molar-refractivity contribution in [2.75, 3.05) is 6.54 Å². The molecule has 3 N–H and O–H groups in total. The molecule has 1 aromatic carbocycles. The Bertz CT molecular complexity index is 279. The second-order valence-corrected chi connectivity index (χ2v) is 3.62. The summed E-state index contributed by atoms with van der Waals surface area (Å²) in [7, 11) is 0. The fraction of sp³-hybridized carbons (Fsp3) is 0.333. The predicted molar refractivity (Wildman–Crippen MR) is 55.5 cm³/mol. The van der Waals surface area contributed by atoms with Crippen molar-refractivity contribution in [3.05, 3.63) is 27.7 Å². The summed E-state index contributed by atoms with van der Waals surface area (Å²) in [5.41, 5.74) is 6.07. The lowest BCUT2D eigenvalue weighted by Crippen LogP contribution is -2.00. The lowest BCUT2D eigenvalue weighted by Gasteiger charge is -2.06. The molecule has 2 nitrogen and oxygen atoms in total. The molecule has 13 heavy (non-hydrogen) atoms. The van der Waals surface area contributed by atoms with Gasteiger partial charge in [0.05, 0.1) is 0 Å². The topological polar surface area (TPSA) is 46.2 Å². The molecular weight excluding hydrogens is 209 g/mol. The molecule has 0 saturated carbocycles. The van der Waals surface area contributed by atoms with Crippen LogP contribution >= 0.6 is 23.2 Å². The summed E-state index contributed by atoms with van der Waals surface area (Å²) in [5, 5.41) is 10.4. The summed E-state index contributed by atoms with van der Waals surface area (Å²) < 4.78 is 0. The highest BCUT2D eigenvalue weighted by Gasteiger charge is 2.07. The summed E-state index contributed by atoms with van der Waals surface area (Å²) in [6.07, 6.45) is 1.48. The van der Waals surface area contributed by atoms with Gasteiger partial charge in [-0.15, -0.1) is 0 Å². The molecule has 0 radical (unpaired) electrons. The van der Waals surface area contributed by atoms with Crippen molar-refractivity contribution in [2.24, 2.45) is 5.73 Å². The largest absolute Gasteiger partial charge is 0.508 e. The lowest BCUT2D eigenvalue weighted by atomic mass is 10.1. The van der Waals surface area contributed by atoms with Crippen molar-refractivity contribution < 1.29 is 5.11 Å². The van der Waals surface area contributed by atoms with Gasteiger partial charge in [-0.25, -0.2) is 0 Å². The molecule has 0 spiro atoms. The van der Waals surface area contributed by atoms with E-state index < -0.39 is 0 Å². The van der Waals surface area contributed by atoms with Crippen molar-refractivity contribution in [1.82, 2.24) is 0 Å². The highest BCUT2D eigenvalue weighted by atomic mass is 35.5. The summed E-state index contributed by atoms with van der Waals surface area (Å²) in [5.74, 6) is 0.144. The van der Waals surface area contributed by atoms with Crippen molar-refractivity contribution in [1.29, 1.82) is 0 Å². The van der Waals surface area contributed by atoms with Crippen LogP contribution < -0.4 is 5.73 Å². The molecule has 0 saturated heterocycles. The van der Waals surface area contributed by atoms with E-state index >= 15 is 0 Å². The number of phenolic OH excluding ortho intramolecular Hbond substituents is 1. The first-order chi connectivity index (χ1) is 6.15. The van der Waals surface area contributed by atoms with Crippen molar-refractivity contribution in [3.63, 3.8) is 0 Å². The van der Waals surface area contributed by atoms with Crippen LogP contribution in [0.25, 0.3) is 0 Å². The maximum atomic E-state index is 9.49. The van der Waals surface area contributed by atoms with E-state index in [1.54, 1.807) is 6.07 Å². The Balaban J connectivity index is 2.92. The van der Waals surface area contributed by atoms with Gasteiger partial charge in [0.25, 0.3) is 0 Å². The summed E-state index contributed by atoms with van der Waals surface area (Å²) in [6, 6.07) is 3.11. The van der Waals surface area contributed by atoms with E-state index in [-0.39, 0.29) is 5.75 Å². The summed E-state index contributed by atoms with van der Waals surface area (Å²) in [4.78, 5) is 0. The zero-order chi connectivity index (χ0) is 9.84. The molecule has 0 bridgehead atoms. The molecule has 0 atom stereocenters. The first kappa shape index (κ1) is 10.6. The van der Waals surface area contributed by atoms with E-state index in [4.69, 9.17) is 28.9 Å². The van der Waals surface area contributed by atoms with Gasteiger partial charge in [0.1, 0.15) is 5.75 Å². The number of rotatable bonds is 3. The quantitative estimate of drug-likeness (QED) is 0.822. The molecule has 0 heterocycles. The normalized spacial score (nSPS) is 10.4. The Morgan fingerprint density at radius 1 is 1.31 bits per heavy atom. The molecule has 0 aliphatic rings.